The van der Waals surface area contributed by atoms with Gasteiger partial charge in [-0.3, -0.25) is 0 Å². The third-order valence-electron chi connectivity index (χ3n) is 2.80. The molecular formula is C15H9FO2. The van der Waals surface area contributed by atoms with Crippen molar-refractivity contribution in [2.45, 2.75) is 0 Å². The van der Waals surface area contributed by atoms with E-state index in [9.17, 15) is 9.18 Å². The van der Waals surface area contributed by atoms with Gasteiger partial charge in [0.15, 0.2) is 0 Å². The number of carbonyl (C=O) groups is 1. The monoisotopic (exact) mass is 240 g/mol. The van der Waals surface area contributed by atoms with Gasteiger partial charge in [-0.15, -0.1) is 0 Å². The average molecular weight is 240 g/mol. The molecule has 2 nitrogen and oxygen atoms in total. The van der Waals surface area contributed by atoms with Crippen molar-refractivity contribution in [3.63, 3.8) is 0 Å². The number of benzene rings is 2. The molecule has 0 radical (unpaired) electrons. The molecule has 1 aliphatic heterocycles. The molecule has 0 unspecified atom stereocenters. The third-order valence-corrected chi connectivity index (χ3v) is 2.80. The molecule has 0 amide bonds. The Kier molecular flexibility index (Phi) is 2.45. The van der Waals surface area contributed by atoms with Gasteiger partial charge in [0.05, 0.1) is 5.57 Å². The molecular weight excluding hydrogens is 231 g/mol. The largest absolute Gasteiger partial charge is 0.422 e. The number of fused-ring (bicyclic) bond motifs is 1. The second kappa shape index (κ2) is 4.11. The summed E-state index contributed by atoms with van der Waals surface area (Å²) in [5, 5.41) is 0. The minimum atomic E-state index is -0.445. The van der Waals surface area contributed by atoms with Gasteiger partial charge in [-0.1, -0.05) is 36.4 Å². The van der Waals surface area contributed by atoms with Crippen LogP contribution in [0.15, 0.2) is 48.5 Å². The van der Waals surface area contributed by atoms with Crippen LogP contribution in [0.3, 0.4) is 0 Å². The van der Waals surface area contributed by atoms with Crippen LogP contribution in [0.25, 0.3) is 11.6 Å². The van der Waals surface area contributed by atoms with Gasteiger partial charge in [0, 0.05) is 11.1 Å². The summed E-state index contributed by atoms with van der Waals surface area (Å²) in [7, 11) is 0. The van der Waals surface area contributed by atoms with Crippen molar-refractivity contribution in [1.29, 1.82) is 0 Å². The molecule has 3 heteroatoms. The Morgan fingerprint density at radius 1 is 1.00 bits per heavy atom. The zero-order chi connectivity index (χ0) is 12.5. The molecule has 88 valence electrons. The molecule has 3 rings (SSSR count). The van der Waals surface area contributed by atoms with Crippen LogP contribution >= 0.6 is 0 Å². The lowest BCUT2D eigenvalue weighted by Crippen LogP contribution is -2.00. The minimum absolute atomic E-state index is 0.359. The Bertz CT molecular complexity index is 659. The van der Waals surface area contributed by atoms with Gasteiger partial charge in [0.2, 0.25) is 0 Å². The fourth-order valence-corrected chi connectivity index (χ4v) is 1.93. The van der Waals surface area contributed by atoms with E-state index in [4.69, 9.17) is 4.74 Å². The van der Waals surface area contributed by atoms with E-state index in [0.29, 0.717) is 22.4 Å². The van der Waals surface area contributed by atoms with Crippen LogP contribution in [-0.4, -0.2) is 5.97 Å². The lowest BCUT2D eigenvalue weighted by Gasteiger charge is -1.98. The van der Waals surface area contributed by atoms with Crippen LogP contribution in [0.1, 0.15) is 11.1 Å². The van der Waals surface area contributed by atoms with Crippen molar-refractivity contribution in [3.05, 3.63) is 65.5 Å². The standard InChI is InChI=1S/C15H9FO2/c16-13-7-3-1-5-10(13)9-12-11-6-2-4-8-14(11)18-15(12)17/h1-9H. The van der Waals surface area contributed by atoms with Crippen molar-refractivity contribution in [2.24, 2.45) is 0 Å². The van der Waals surface area contributed by atoms with Crippen LogP contribution in [0.2, 0.25) is 0 Å². The van der Waals surface area contributed by atoms with Crippen molar-refractivity contribution < 1.29 is 13.9 Å². The van der Waals surface area contributed by atoms with Gasteiger partial charge in [0.25, 0.3) is 0 Å². The first-order chi connectivity index (χ1) is 8.75. The summed E-state index contributed by atoms with van der Waals surface area (Å²) < 4.78 is 18.7. The summed E-state index contributed by atoms with van der Waals surface area (Å²) in [5.74, 6) is -0.285. The average Bonchev–Trinajstić information content (AvgIpc) is 2.69. The van der Waals surface area contributed by atoms with E-state index >= 15 is 0 Å². The van der Waals surface area contributed by atoms with Crippen LogP contribution in [0, 0.1) is 5.82 Å². The summed E-state index contributed by atoms with van der Waals surface area (Å²) in [5.41, 5.74) is 1.46. The third kappa shape index (κ3) is 1.70. The summed E-state index contributed by atoms with van der Waals surface area (Å²) in [4.78, 5) is 11.7. The van der Waals surface area contributed by atoms with E-state index in [1.807, 2.05) is 6.07 Å². The highest BCUT2D eigenvalue weighted by Crippen LogP contribution is 2.35. The highest BCUT2D eigenvalue weighted by molar-refractivity contribution is 6.25. The van der Waals surface area contributed by atoms with Crippen LogP contribution < -0.4 is 4.74 Å². The van der Waals surface area contributed by atoms with E-state index in [0.717, 1.165) is 0 Å². The molecule has 18 heavy (non-hydrogen) atoms. The zero-order valence-electron chi connectivity index (χ0n) is 9.39. The second-order valence-corrected chi connectivity index (χ2v) is 3.97. The van der Waals surface area contributed by atoms with E-state index < -0.39 is 5.97 Å². The Labute approximate surface area is 103 Å². The van der Waals surface area contributed by atoms with Gasteiger partial charge in [0.1, 0.15) is 11.6 Å². The number of hydrogen-bond donors (Lipinski definition) is 0. The van der Waals surface area contributed by atoms with Crippen LogP contribution in [0.4, 0.5) is 4.39 Å². The quantitative estimate of drug-likeness (QED) is 0.434. The summed E-state index contributed by atoms with van der Waals surface area (Å²) >= 11 is 0. The van der Waals surface area contributed by atoms with Gasteiger partial charge in [-0.25, -0.2) is 9.18 Å². The van der Waals surface area contributed by atoms with Crippen molar-refractivity contribution in [3.8, 4) is 5.75 Å². The summed E-state index contributed by atoms with van der Waals surface area (Å²) in [6, 6.07) is 13.4. The maximum absolute atomic E-state index is 13.5. The van der Waals surface area contributed by atoms with E-state index in [1.165, 1.54) is 12.1 Å². The SMILES string of the molecule is O=C1Oc2ccccc2C1=Cc1ccccc1F. The first kappa shape index (κ1) is 10.7. The molecule has 0 bridgehead atoms. The molecule has 2 aromatic rings. The highest BCUT2D eigenvalue weighted by atomic mass is 19.1. The molecule has 0 atom stereocenters. The van der Waals surface area contributed by atoms with Gasteiger partial charge in [-0.05, 0) is 18.2 Å². The van der Waals surface area contributed by atoms with Gasteiger partial charge >= 0.3 is 5.97 Å². The van der Waals surface area contributed by atoms with E-state index in [1.54, 1.807) is 36.4 Å². The Balaban J connectivity index is 2.13. The molecule has 0 N–H and O–H groups in total. The molecule has 0 aromatic heterocycles. The lowest BCUT2D eigenvalue weighted by atomic mass is 10.0. The van der Waals surface area contributed by atoms with Gasteiger partial charge in [-0.2, -0.15) is 0 Å². The fourth-order valence-electron chi connectivity index (χ4n) is 1.93. The zero-order valence-corrected chi connectivity index (χ0v) is 9.39. The molecule has 0 spiro atoms. The second-order valence-electron chi connectivity index (χ2n) is 3.97. The molecule has 0 saturated heterocycles. The number of carbonyl (C=O) groups excluding carboxylic acids is 1. The fraction of sp³-hybridized carbons (Fsp3) is 0. The van der Waals surface area contributed by atoms with Crippen molar-refractivity contribution in [1.82, 2.24) is 0 Å². The smallest absolute Gasteiger partial charge is 0.344 e. The molecule has 0 saturated carbocycles. The number of rotatable bonds is 1. The summed E-state index contributed by atoms with van der Waals surface area (Å²) in [6.07, 6.45) is 1.52. The first-order valence-electron chi connectivity index (χ1n) is 5.53. The predicted octanol–water partition coefficient (Wildman–Crippen LogP) is 3.29. The highest BCUT2D eigenvalue weighted by Gasteiger charge is 2.26. The maximum Gasteiger partial charge on any atom is 0.344 e. The first-order valence-corrected chi connectivity index (χ1v) is 5.53. The maximum atomic E-state index is 13.5. The molecule has 0 fully saturated rings. The minimum Gasteiger partial charge on any atom is -0.422 e. The molecule has 2 aromatic carbocycles. The topological polar surface area (TPSA) is 26.3 Å². The number of hydrogen-bond acceptors (Lipinski definition) is 2. The molecule has 0 aliphatic carbocycles. The lowest BCUT2D eigenvalue weighted by molar-refractivity contribution is -0.126. The predicted molar refractivity (Wildman–Crippen MR) is 66.3 cm³/mol. The van der Waals surface area contributed by atoms with Crippen LogP contribution in [0.5, 0.6) is 5.75 Å². The number of halogens is 1. The van der Waals surface area contributed by atoms with Gasteiger partial charge < -0.3 is 4.74 Å². The van der Waals surface area contributed by atoms with Crippen molar-refractivity contribution in [2.75, 3.05) is 0 Å². The molecule has 1 aliphatic rings. The van der Waals surface area contributed by atoms with E-state index in [2.05, 4.69) is 0 Å². The number of esters is 1. The number of ether oxygens (including phenoxy) is 1. The Morgan fingerprint density at radius 2 is 1.72 bits per heavy atom. The van der Waals surface area contributed by atoms with E-state index in [-0.39, 0.29) is 5.82 Å². The number of para-hydroxylation sites is 1. The normalized spacial score (nSPS) is 15.6. The van der Waals surface area contributed by atoms with Crippen molar-refractivity contribution >= 4 is 17.6 Å². The summed E-state index contributed by atoms with van der Waals surface area (Å²) in [6.45, 7) is 0. The van der Waals surface area contributed by atoms with Crippen LogP contribution in [-0.2, 0) is 4.79 Å². The Morgan fingerprint density at radius 3 is 2.56 bits per heavy atom. The molecule has 1 heterocycles. The Hall–Kier alpha value is -2.42.